The summed E-state index contributed by atoms with van der Waals surface area (Å²) in [4.78, 5) is 15.9. The Morgan fingerprint density at radius 1 is 1.21 bits per heavy atom. The standard InChI is InChI=1S/C21H18ClN5OS/c22-16-4-3-15(13-23)18(12-16)24-21(28)14-7-9-27(10-8-14)20-6-5-17(25-26-20)19-2-1-11-29-19/h1-6,11-12,14H,7-10H2,(H,24,28). The van der Waals surface area contributed by atoms with E-state index in [4.69, 9.17) is 11.6 Å². The van der Waals surface area contributed by atoms with Gasteiger partial charge >= 0.3 is 0 Å². The van der Waals surface area contributed by atoms with Gasteiger partial charge in [0.25, 0.3) is 0 Å². The van der Waals surface area contributed by atoms with Crippen molar-refractivity contribution in [1.82, 2.24) is 10.2 Å². The van der Waals surface area contributed by atoms with Gasteiger partial charge in [-0.3, -0.25) is 4.79 Å². The largest absolute Gasteiger partial charge is 0.355 e. The molecule has 3 aromatic rings. The van der Waals surface area contributed by atoms with E-state index in [9.17, 15) is 10.1 Å². The molecule has 0 bridgehead atoms. The number of benzene rings is 1. The van der Waals surface area contributed by atoms with Crippen molar-refractivity contribution >= 4 is 40.4 Å². The number of amides is 1. The maximum Gasteiger partial charge on any atom is 0.227 e. The summed E-state index contributed by atoms with van der Waals surface area (Å²) in [6, 6.07) is 14.9. The third kappa shape index (κ3) is 4.39. The summed E-state index contributed by atoms with van der Waals surface area (Å²) in [7, 11) is 0. The summed E-state index contributed by atoms with van der Waals surface area (Å²) in [6.07, 6.45) is 1.42. The fraction of sp³-hybridized carbons (Fsp3) is 0.238. The predicted molar refractivity (Wildman–Crippen MR) is 115 cm³/mol. The number of carbonyl (C=O) groups excluding carboxylic acids is 1. The van der Waals surface area contributed by atoms with Gasteiger partial charge in [-0.25, -0.2) is 0 Å². The Kier molecular flexibility index (Phi) is 5.74. The van der Waals surface area contributed by atoms with E-state index < -0.39 is 0 Å². The molecule has 1 N–H and O–H groups in total. The van der Waals surface area contributed by atoms with E-state index in [1.165, 1.54) is 0 Å². The Balaban J connectivity index is 1.36. The van der Waals surface area contributed by atoms with E-state index in [-0.39, 0.29) is 11.8 Å². The van der Waals surface area contributed by atoms with Crippen LogP contribution in [0.2, 0.25) is 5.02 Å². The number of aromatic nitrogens is 2. The van der Waals surface area contributed by atoms with Crippen LogP contribution in [0.5, 0.6) is 0 Å². The van der Waals surface area contributed by atoms with Crippen molar-refractivity contribution in [3.63, 3.8) is 0 Å². The molecule has 1 amide bonds. The molecule has 1 fully saturated rings. The molecular weight excluding hydrogens is 406 g/mol. The SMILES string of the molecule is N#Cc1ccc(Cl)cc1NC(=O)C1CCN(c2ccc(-c3cccs3)nn2)CC1. The number of nitrogens with one attached hydrogen (secondary N) is 1. The normalized spacial score (nSPS) is 14.4. The van der Waals surface area contributed by atoms with Crippen molar-refractivity contribution in [2.24, 2.45) is 5.92 Å². The first-order valence-corrected chi connectivity index (χ1v) is 10.5. The van der Waals surface area contributed by atoms with Crippen LogP contribution in [0, 0.1) is 17.2 Å². The molecule has 0 atom stereocenters. The van der Waals surface area contributed by atoms with Gasteiger partial charge in [0.1, 0.15) is 11.8 Å². The molecule has 4 rings (SSSR count). The van der Waals surface area contributed by atoms with Crippen LogP contribution in [-0.2, 0) is 4.79 Å². The van der Waals surface area contributed by atoms with E-state index >= 15 is 0 Å². The van der Waals surface area contributed by atoms with E-state index in [0.29, 0.717) is 29.1 Å². The maximum absolute atomic E-state index is 12.7. The second-order valence-corrected chi connectivity index (χ2v) is 8.19. The molecule has 0 unspecified atom stereocenters. The predicted octanol–water partition coefficient (Wildman–Crippen LogP) is 4.59. The highest BCUT2D eigenvalue weighted by atomic mass is 35.5. The minimum Gasteiger partial charge on any atom is -0.355 e. The minimum absolute atomic E-state index is 0.0810. The van der Waals surface area contributed by atoms with Crippen molar-refractivity contribution in [3.8, 4) is 16.6 Å². The molecule has 0 spiro atoms. The Bertz CT molecular complexity index is 1040. The van der Waals surface area contributed by atoms with Gasteiger partial charge in [-0.15, -0.1) is 21.5 Å². The summed E-state index contributed by atoms with van der Waals surface area (Å²) in [5, 5.41) is 23.3. The Hall–Kier alpha value is -2.95. The molecule has 8 heteroatoms. The summed E-state index contributed by atoms with van der Waals surface area (Å²) in [5.74, 6) is 0.628. The molecule has 1 aliphatic heterocycles. The number of nitrogens with zero attached hydrogens (tertiary/aromatic N) is 4. The molecule has 6 nitrogen and oxygen atoms in total. The number of hydrogen-bond acceptors (Lipinski definition) is 6. The summed E-state index contributed by atoms with van der Waals surface area (Å²) in [6.45, 7) is 1.46. The quantitative estimate of drug-likeness (QED) is 0.663. The Morgan fingerprint density at radius 3 is 2.69 bits per heavy atom. The highest BCUT2D eigenvalue weighted by molar-refractivity contribution is 7.13. The fourth-order valence-corrected chi connectivity index (χ4v) is 4.24. The van der Waals surface area contributed by atoms with Crippen LogP contribution in [0.4, 0.5) is 11.5 Å². The topological polar surface area (TPSA) is 81.9 Å². The molecule has 1 aromatic carbocycles. The van der Waals surface area contributed by atoms with Crippen molar-refractivity contribution in [1.29, 1.82) is 5.26 Å². The third-order valence-corrected chi connectivity index (χ3v) is 6.10. The Labute approximate surface area is 177 Å². The number of carbonyl (C=O) groups is 1. The van der Waals surface area contributed by atoms with Gasteiger partial charge in [0.05, 0.1) is 16.1 Å². The lowest BCUT2D eigenvalue weighted by Crippen LogP contribution is -2.38. The van der Waals surface area contributed by atoms with Gasteiger partial charge in [-0.1, -0.05) is 17.7 Å². The summed E-state index contributed by atoms with van der Waals surface area (Å²) >= 11 is 7.63. The first kappa shape index (κ1) is 19.4. The summed E-state index contributed by atoms with van der Waals surface area (Å²) in [5.41, 5.74) is 1.73. The number of hydrogen-bond donors (Lipinski definition) is 1. The van der Waals surface area contributed by atoms with Crippen LogP contribution >= 0.6 is 22.9 Å². The highest BCUT2D eigenvalue weighted by Crippen LogP contribution is 2.27. The van der Waals surface area contributed by atoms with Crippen molar-refractivity contribution in [2.75, 3.05) is 23.3 Å². The van der Waals surface area contributed by atoms with Crippen LogP contribution in [-0.4, -0.2) is 29.2 Å². The van der Waals surface area contributed by atoms with Gasteiger partial charge in [0, 0.05) is 24.0 Å². The number of nitriles is 1. The van der Waals surface area contributed by atoms with Crippen LogP contribution in [0.1, 0.15) is 18.4 Å². The van der Waals surface area contributed by atoms with E-state index in [1.54, 1.807) is 29.5 Å². The zero-order valence-electron chi connectivity index (χ0n) is 15.5. The van der Waals surface area contributed by atoms with Gasteiger partial charge in [0.2, 0.25) is 5.91 Å². The second kappa shape index (κ2) is 8.60. The molecule has 29 heavy (non-hydrogen) atoms. The number of anilines is 2. The second-order valence-electron chi connectivity index (χ2n) is 6.81. The number of thiophene rings is 1. The molecule has 0 saturated carbocycles. The molecule has 1 saturated heterocycles. The summed E-state index contributed by atoms with van der Waals surface area (Å²) < 4.78 is 0. The third-order valence-electron chi connectivity index (χ3n) is 4.97. The molecule has 146 valence electrons. The number of halogens is 1. The van der Waals surface area contributed by atoms with Crippen LogP contribution in [0.25, 0.3) is 10.6 Å². The van der Waals surface area contributed by atoms with Gasteiger partial charge in [-0.2, -0.15) is 5.26 Å². The van der Waals surface area contributed by atoms with Gasteiger partial charge < -0.3 is 10.2 Å². The Morgan fingerprint density at radius 2 is 2.03 bits per heavy atom. The molecular formula is C21H18ClN5OS. The zero-order chi connectivity index (χ0) is 20.2. The van der Waals surface area contributed by atoms with Crippen molar-refractivity contribution in [3.05, 3.63) is 58.4 Å². The molecule has 3 heterocycles. The minimum atomic E-state index is -0.116. The van der Waals surface area contributed by atoms with Crippen LogP contribution < -0.4 is 10.2 Å². The highest BCUT2D eigenvalue weighted by Gasteiger charge is 2.26. The molecule has 2 aromatic heterocycles. The lowest BCUT2D eigenvalue weighted by molar-refractivity contribution is -0.120. The van der Waals surface area contributed by atoms with Gasteiger partial charge in [0.15, 0.2) is 5.82 Å². The van der Waals surface area contributed by atoms with Crippen LogP contribution in [0.3, 0.4) is 0 Å². The smallest absolute Gasteiger partial charge is 0.227 e. The van der Waals surface area contributed by atoms with Crippen molar-refractivity contribution < 1.29 is 4.79 Å². The average molecular weight is 424 g/mol. The van der Waals surface area contributed by atoms with Crippen LogP contribution in [0.15, 0.2) is 47.8 Å². The number of rotatable bonds is 4. The van der Waals surface area contributed by atoms with Gasteiger partial charge in [-0.05, 0) is 54.6 Å². The fourth-order valence-electron chi connectivity index (χ4n) is 3.37. The van der Waals surface area contributed by atoms with E-state index in [1.807, 2.05) is 29.6 Å². The first-order chi connectivity index (χ1) is 14.1. The molecule has 0 radical (unpaired) electrons. The average Bonchev–Trinajstić information content (AvgIpc) is 3.29. The molecule has 0 aliphatic carbocycles. The monoisotopic (exact) mass is 423 g/mol. The maximum atomic E-state index is 12.7. The van der Waals surface area contributed by atoms with E-state index in [2.05, 4.69) is 26.5 Å². The van der Waals surface area contributed by atoms with Crippen molar-refractivity contribution in [2.45, 2.75) is 12.8 Å². The zero-order valence-corrected chi connectivity index (χ0v) is 17.1. The number of piperidine rings is 1. The van der Waals surface area contributed by atoms with E-state index in [0.717, 1.165) is 29.5 Å². The first-order valence-electron chi connectivity index (χ1n) is 9.27. The lowest BCUT2D eigenvalue weighted by Gasteiger charge is -2.31. The lowest BCUT2D eigenvalue weighted by atomic mass is 9.95. The molecule has 1 aliphatic rings.